The number of halogens is 1. The molecule has 2 heterocycles. The molecule has 1 aromatic carbocycles. The highest BCUT2D eigenvalue weighted by Gasteiger charge is 2.33. The normalized spacial score (nSPS) is 25.0. The second-order valence-corrected chi connectivity index (χ2v) is 7.75. The van der Waals surface area contributed by atoms with Gasteiger partial charge in [0, 0.05) is 18.7 Å². The molecular weight excluding hydrogens is 377 g/mol. The molecule has 160 valence electrons. The first-order valence-electron chi connectivity index (χ1n) is 10.4. The van der Waals surface area contributed by atoms with Crippen LogP contribution < -0.4 is 10.6 Å². The van der Waals surface area contributed by atoms with E-state index in [0.717, 1.165) is 19.6 Å². The molecule has 2 aliphatic heterocycles. The third kappa shape index (κ3) is 6.48. The van der Waals surface area contributed by atoms with Crippen molar-refractivity contribution in [2.75, 3.05) is 32.8 Å². The van der Waals surface area contributed by atoms with Crippen molar-refractivity contribution in [1.29, 1.82) is 0 Å². The van der Waals surface area contributed by atoms with Crippen molar-refractivity contribution in [2.24, 2.45) is 0 Å². The SMILES string of the molecule is O=C(C[C@H]1CC[C@@H](NC(=O)c2cccc(F)c2)[C@@H](CO)O1)NCCN1CCCC1. The molecular formula is C21H30FN3O4. The lowest BCUT2D eigenvalue weighted by atomic mass is 9.96. The van der Waals surface area contributed by atoms with Gasteiger partial charge >= 0.3 is 0 Å². The number of nitrogens with zero attached hydrogens (tertiary/aromatic N) is 1. The van der Waals surface area contributed by atoms with Crippen molar-refractivity contribution in [3.63, 3.8) is 0 Å². The van der Waals surface area contributed by atoms with Crippen LogP contribution in [0, 0.1) is 5.82 Å². The minimum Gasteiger partial charge on any atom is -0.394 e. The highest BCUT2D eigenvalue weighted by atomic mass is 19.1. The van der Waals surface area contributed by atoms with Crippen LogP contribution >= 0.6 is 0 Å². The Morgan fingerprint density at radius 1 is 1.24 bits per heavy atom. The fraction of sp³-hybridized carbons (Fsp3) is 0.619. The molecule has 0 radical (unpaired) electrons. The number of rotatable bonds is 8. The van der Waals surface area contributed by atoms with E-state index in [4.69, 9.17) is 4.74 Å². The lowest BCUT2D eigenvalue weighted by molar-refractivity contribution is -0.130. The quantitative estimate of drug-likeness (QED) is 0.600. The standard InChI is InChI=1S/C21H30FN3O4/c22-16-5-3-4-15(12-16)21(28)24-18-7-6-17(29-19(18)14-26)13-20(27)23-8-11-25-9-1-2-10-25/h3-5,12,17-19,26H,1-2,6-11,13-14H2,(H,23,27)(H,24,28)/t17-,18-,19-/m1/s1. The fourth-order valence-corrected chi connectivity index (χ4v) is 3.97. The zero-order valence-corrected chi connectivity index (χ0v) is 16.6. The summed E-state index contributed by atoms with van der Waals surface area (Å²) in [5, 5.41) is 15.4. The van der Waals surface area contributed by atoms with E-state index in [2.05, 4.69) is 15.5 Å². The molecule has 0 saturated carbocycles. The van der Waals surface area contributed by atoms with Gasteiger partial charge in [0.05, 0.1) is 25.2 Å². The Balaban J connectivity index is 1.42. The Morgan fingerprint density at radius 3 is 2.76 bits per heavy atom. The van der Waals surface area contributed by atoms with Crippen LogP contribution in [0.3, 0.4) is 0 Å². The minimum absolute atomic E-state index is 0.0619. The lowest BCUT2D eigenvalue weighted by Gasteiger charge is -2.36. The predicted octanol–water partition coefficient (Wildman–Crippen LogP) is 1.07. The summed E-state index contributed by atoms with van der Waals surface area (Å²) in [5.41, 5.74) is 0.223. The van der Waals surface area contributed by atoms with E-state index in [0.29, 0.717) is 19.4 Å². The highest BCUT2D eigenvalue weighted by Crippen LogP contribution is 2.22. The Hall–Kier alpha value is -2.03. The highest BCUT2D eigenvalue weighted by molar-refractivity contribution is 5.94. The van der Waals surface area contributed by atoms with Crippen molar-refractivity contribution >= 4 is 11.8 Å². The summed E-state index contributed by atoms with van der Waals surface area (Å²) in [7, 11) is 0. The molecule has 2 saturated heterocycles. The summed E-state index contributed by atoms with van der Waals surface area (Å²) in [6.45, 7) is 3.43. The van der Waals surface area contributed by atoms with Crippen LogP contribution in [0.15, 0.2) is 24.3 Å². The Morgan fingerprint density at radius 2 is 2.03 bits per heavy atom. The van der Waals surface area contributed by atoms with Crippen LogP contribution in [-0.2, 0) is 9.53 Å². The Kier molecular flexibility index (Phi) is 7.97. The number of nitrogens with one attached hydrogen (secondary N) is 2. The topological polar surface area (TPSA) is 90.9 Å². The van der Waals surface area contributed by atoms with Gasteiger partial charge in [0.25, 0.3) is 5.91 Å². The molecule has 3 rings (SSSR count). The summed E-state index contributed by atoms with van der Waals surface area (Å²) < 4.78 is 19.2. The van der Waals surface area contributed by atoms with Crippen LogP contribution in [0.25, 0.3) is 0 Å². The summed E-state index contributed by atoms with van der Waals surface area (Å²) in [5.74, 6) is -0.949. The molecule has 7 nitrogen and oxygen atoms in total. The molecule has 2 fully saturated rings. The van der Waals surface area contributed by atoms with Gasteiger partial charge in [0.1, 0.15) is 11.9 Å². The first-order valence-corrected chi connectivity index (χ1v) is 10.4. The number of ether oxygens (including phenoxy) is 1. The monoisotopic (exact) mass is 407 g/mol. The number of amides is 2. The number of aliphatic hydroxyl groups is 1. The lowest BCUT2D eigenvalue weighted by Crippen LogP contribution is -2.51. The van der Waals surface area contributed by atoms with Gasteiger partial charge in [-0.3, -0.25) is 9.59 Å². The molecule has 0 aromatic heterocycles. The van der Waals surface area contributed by atoms with Gasteiger partial charge in [-0.05, 0) is 57.0 Å². The van der Waals surface area contributed by atoms with Crippen LogP contribution in [-0.4, -0.2) is 72.9 Å². The molecule has 0 unspecified atom stereocenters. The Labute approximate surface area is 170 Å². The van der Waals surface area contributed by atoms with Crippen LogP contribution in [0.2, 0.25) is 0 Å². The second-order valence-electron chi connectivity index (χ2n) is 7.75. The summed E-state index contributed by atoms with van der Waals surface area (Å²) in [6.07, 6.45) is 2.99. The van der Waals surface area contributed by atoms with Gasteiger partial charge in [-0.15, -0.1) is 0 Å². The number of aliphatic hydroxyl groups excluding tert-OH is 1. The first kappa shape index (κ1) is 21.7. The number of benzene rings is 1. The molecule has 2 amide bonds. The number of carbonyl (C=O) groups is 2. The van der Waals surface area contributed by atoms with Crippen molar-refractivity contribution in [1.82, 2.24) is 15.5 Å². The van der Waals surface area contributed by atoms with Gasteiger partial charge in [0.15, 0.2) is 0 Å². The number of likely N-dealkylation sites (tertiary alicyclic amines) is 1. The van der Waals surface area contributed by atoms with Crippen molar-refractivity contribution in [3.8, 4) is 0 Å². The largest absolute Gasteiger partial charge is 0.394 e. The summed E-state index contributed by atoms with van der Waals surface area (Å²) in [6, 6.07) is 5.07. The van der Waals surface area contributed by atoms with E-state index >= 15 is 0 Å². The molecule has 0 bridgehead atoms. The van der Waals surface area contributed by atoms with Gasteiger partial charge in [-0.25, -0.2) is 4.39 Å². The maximum Gasteiger partial charge on any atom is 0.251 e. The predicted molar refractivity (Wildman–Crippen MR) is 106 cm³/mol. The van der Waals surface area contributed by atoms with Crippen molar-refractivity contribution in [3.05, 3.63) is 35.6 Å². The molecule has 3 atom stereocenters. The molecule has 3 N–H and O–H groups in total. The average molecular weight is 407 g/mol. The third-order valence-electron chi connectivity index (χ3n) is 5.56. The number of hydrogen-bond acceptors (Lipinski definition) is 5. The minimum atomic E-state index is -0.594. The summed E-state index contributed by atoms with van der Waals surface area (Å²) >= 11 is 0. The molecule has 0 aliphatic carbocycles. The first-order chi connectivity index (χ1) is 14.0. The second kappa shape index (κ2) is 10.7. The maximum absolute atomic E-state index is 13.3. The van der Waals surface area contributed by atoms with Crippen molar-refractivity contribution < 1.29 is 23.8 Å². The van der Waals surface area contributed by atoms with Gasteiger partial charge < -0.3 is 25.4 Å². The van der Waals surface area contributed by atoms with E-state index in [-0.39, 0.29) is 36.6 Å². The van der Waals surface area contributed by atoms with E-state index in [1.807, 2.05) is 0 Å². The van der Waals surface area contributed by atoms with Crippen LogP contribution in [0.5, 0.6) is 0 Å². The number of hydrogen-bond donors (Lipinski definition) is 3. The zero-order chi connectivity index (χ0) is 20.6. The van der Waals surface area contributed by atoms with Crippen LogP contribution in [0.1, 0.15) is 42.5 Å². The smallest absolute Gasteiger partial charge is 0.251 e. The third-order valence-corrected chi connectivity index (χ3v) is 5.56. The van der Waals surface area contributed by atoms with Crippen molar-refractivity contribution in [2.45, 2.75) is 50.4 Å². The molecule has 29 heavy (non-hydrogen) atoms. The van der Waals surface area contributed by atoms with Gasteiger partial charge in [-0.2, -0.15) is 0 Å². The number of carbonyl (C=O) groups excluding carboxylic acids is 2. The zero-order valence-electron chi connectivity index (χ0n) is 16.6. The van der Waals surface area contributed by atoms with Gasteiger partial charge in [0.2, 0.25) is 5.91 Å². The van der Waals surface area contributed by atoms with E-state index < -0.39 is 17.8 Å². The molecule has 8 heteroatoms. The summed E-state index contributed by atoms with van der Waals surface area (Å²) in [4.78, 5) is 26.8. The fourth-order valence-electron chi connectivity index (χ4n) is 3.97. The van der Waals surface area contributed by atoms with E-state index in [1.165, 1.54) is 37.1 Å². The molecule has 2 aliphatic rings. The average Bonchev–Trinajstić information content (AvgIpc) is 3.22. The Bertz CT molecular complexity index is 696. The molecule has 1 aromatic rings. The van der Waals surface area contributed by atoms with Gasteiger partial charge in [-0.1, -0.05) is 6.07 Å². The molecule has 0 spiro atoms. The van der Waals surface area contributed by atoms with E-state index in [1.54, 1.807) is 0 Å². The maximum atomic E-state index is 13.3. The van der Waals surface area contributed by atoms with Crippen LogP contribution in [0.4, 0.5) is 4.39 Å². The van der Waals surface area contributed by atoms with E-state index in [9.17, 15) is 19.1 Å².